The molecule has 0 saturated carbocycles. The summed E-state index contributed by atoms with van der Waals surface area (Å²) in [7, 11) is 0. The van der Waals surface area contributed by atoms with Crippen LogP contribution < -0.4 is 4.90 Å². The van der Waals surface area contributed by atoms with E-state index in [-0.39, 0.29) is 0 Å². The van der Waals surface area contributed by atoms with Crippen LogP contribution in [0.2, 0.25) is 0 Å². The second kappa shape index (κ2) is 4.75. The van der Waals surface area contributed by atoms with Gasteiger partial charge in [0, 0.05) is 13.1 Å². The molecule has 1 aromatic rings. The smallest absolute Gasteiger partial charge is 0.138 e. The maximum absolute atomic E-state index is 9.60. The number of anilines is 1. The van der Waals surface area contributed by atoms with Gasteiger partial charge in [0.2, 0.25) is 0 Å². The number of aromatic hydroxyl groups is 1. The van der Waals surface area contributed by atoms with Crippen LogP contribution in [0, 0.1) is 0 Å². The molecule has 0 bridgehead atoms. The van der Waals surface area contributed by atoms with E-state index in [4.69, 9.17) is 0 Å². The van der Waals surface area contributed by atoms with E-state index in [0.29, 0.717) is 5.75 Å². The molecular weight excluding hydrogens is 162 g/mol. The summed E-state index contributed by atoms with van der Waals surface area (Å²) >= 11 is 0. The van der Waals surface area contributed by atoms with E-state index in [0.717, 1.165) is 25.2 Å². The third-order valence-corrected chi connectivity index (χ3v) is 2.10. The molecule has 1 aromatic carbocycles. The van der Waals surface area contributed by atoms with Crippen molar-refractivity contribution in [2.45, 2.75) is 20.3 Å². The molecule has 0 aromatic heterocycles. The summed E-state index contributed by atoms with van der Waals surface area (Å²) in [5.41, 5.74) is 0.937. The zero-order chi connectivity index (χ0) is 9.68. The van der Waals surface area contributed by atoms with E-state index < -0.39 is 0 Å². The molecule has 13 heavy (non-hydrogen) atoms. The molecule has 0 heterocycles. The van der Waals surface area contributed by atoms with Crippen molar-refractivity contribution in [1.82, 2.24) is 0 Å². The monoisotopic (exact) mass is 179 g/mol. The van der Waals surface area contributed by atoms with Gasteiger partial charge < -0.3 is 10.0 Å². The van der Waals surface area contributed by atoms with Gasteiger partial charge in [-0.15, -0.1) is 0 Å². The van der Waals surface area contributed by atoms with Gasteiger partial charge in [-0.3, -0.25) is 0 Å². The van der Waals surface area contributed by atoms with Gasteiger partial charge >= 0.3 is 0 Å². The van der Waals surface area contributed by atoms with Crippen molar-refractivity contribution in [2.75, 3.05) is 18.0 Å². The summed E-state index contributed by atoms with van der Waals surface area (Å²) in [4.78, 5) is 2.18. The number of phenols is 1. The van der Waals surface area contributed by atoms with Crippen LogP contribution in [0.4, 0.5) is 5.69 Å². The fourth-order valence-electron chi connectivity index (χ4n) is 1.45. The van der Waals surface area contributed by atoms with Gasteiger partial charge in [0.25, 0.3) is 0 Å². The predicted octanol–water partition coefficient (Wildman–Crippen LogP) is 2.63. The molecule has 0 unspecified atom stereocenters. The zero-order valence-electron chi connectivity index (χ0n) is 8.33. The lowest BCUT2D eigenvalue weighted by atomic mass is 10.2. The fourth-order valence-corrected chi connectivity index (χ4v) is 1.45. The molecule has 2 heteroatoms. The summed E-state index contributed by atoms with van der Waals surface area (Å²) in [5, 5.41) is 9.60. The van der Waals surface area contributed by atoms with Gasteiger partial charge in [-0.25, -0.2) is 0 Å². The molecule has 0 aliphatic carbocycles. The van der Waals surface area contributed by atoms with Crippen molar-refractivity contribution in [3.8, 4) is 5.75 Å². The molecule has 0 radical (unpaired) electrons. The number of para-hydroxylation sites is 2. The van der Waals surface area contributed by atoms with E-state index in [2.05, 4.69) is 18.7 Å². The average Bonchev–Trinajstić information content (AvgIpc) is 2.16. The molecule has 0 fully saturated rings. The molecule has 1 rings (SSSR count). The Morgan fingerprint density at radius 2 is 1.92 bits per heavy atom. The Balaban J connectivity index is 2.84. The van der Waals surface area contributed by atoms with Crippen LogP contribution in [0.25, 0.3) is 0 Å². The van der Waals surface area contributed by atoms with Gasteiger partial charge in [-0.2, -0.15) is 0 Å². The Morgan fingerprint density at radius 3 is 2.46 bits per heavy atom. The van der Waals surface area contributed by atoms with Gasteiger partial charge in [0.15, 0.2) is 0 Å². The number of phenolic OH excluding ortho intramolecular Hbond substituents is 1. The highest BCUT2D eigenvalue weighted by molar-refractivity contribution is 5.57. The molecule has 72 valence electrons. The van der Waals surface area contributed by atoms with Crippen LogP contribution in [-0.2, 0) is 0 Å². The van der Waals surface area contributed by atoms with Crippen molar-refractivity contribution in [1.29, 1.82) is 0 Å². The second-order valence-electron chi connectivity index (χ2n) is 3.07. The molecule has 0 aliphatic rings. The first kappa shape index (κ1) is 9.90. The summed E-state index contributed by atoms with van der Waals surface area (Å²) in [6.45, 7) is 6.17. The fraction of sp³-hybridized carbons (Fsp3) is 0.455. The maximum Gasteiger partial charge on any atom is 0.138 e. The van der Waals surface area contributed by atoms with Gasteiger partial charge in [-0.1, -0.05) is 19.1 Å². The Bertz CT molecular complexity index is 260. The number of hydrogen-bond acceptors (Lipinski definition) is 2. The Kier molecular flexibility index (Phi) is 3.62. The highest BCUT2D eigenvalue weighted by atomic mass is 16.3. The SMILES string of the molecule is CCCN(CC)c1ccccc1O. The summed E-state index contributed by atoms with van der Waals surface area (Å²) in [5.74, 6) is 0.373. The van der Waals surface area contributed by atoms with Crippen LogP contribution in [0.3, 0.4) is 0 Å². The summed E-state index contributed by atoms with van der Waals surface area (Å²) in [6.07, 6.45) is 1.10. The van der Waals surface area contributed by atoms with Crippen LogP contribution in [0.5, 0.6) is 5.75 Å². The van der Waals surface area contributed by atoms with E-state index in [1.807, 2.05) is 18.2 Å². The van der Waals surface area contributed by atoms with Crippen molar-refractivity contribution in [2.24, 2.45) is 0 Å². The van der Waals surface area contributed by atoms with Crippen LogP contribution in [0.15, 0.2) is 24.3 Å². The van der Waals surface area contributed by atoms with Crippen LogP contribution in [-0.4, -0.2) is 18.2 Å². The maximum atomic E-state index is 9.60. The van der Waals surface area contributed by atoms with Crippen LogP contribution >= 0.6 is 0 Å². The standard InChI is InChI=1S/C11H17NO/c1-3-9-12(4-2)10-7-5-6-8-11(10)13/h5-8,13H,3-4,9H2,1-2H3. The first-order valence-corrected chi connectivity index (χ1v) is 4.82. The molecule has 0 amide bonds. The van der Waals surface area contributed by atoms with E-state index in [1.54, 1.807) is 6.07 Å². The Morgan fingerprint density at radius 1 is 1.23 bits per heavy atom. The number of rotatable bonds is 4. The topological polar surface area (TPSA) is 23.5 Å². The van der Waals surface area contributed by atoms with Crippen molar-refractivity contribution in [3.05, 3.63) is 24.3 Å². The van der Waals surface area contributed by atoms with E-state index in [1.165, 1.54) is 0 Å². The predicted molar refractivity (Wildman–Crippen MR) is 56.3 cm³/mol. The van der Waals surface area contributed by atoms with E-state index in [9.17, 15) is 5.11 Å². The molecular formula is C11H17NO. The highest BCUT2D eigenvalue weighted by Gasteiger charge is 2.06. The highest BCUT2D eigenvalue weighted by Crippen LogP contribution is 2.25. The molecule has 2 nitrogen and oxygen atoms in total. The minimum atomic E-state index is 0.373. The molecule has 0 spiro atoms. The van der Waals surface area contributed by atoms with Gasteiger partial charge in [-0.05, 0) is 25.5 Å². The Hall–Kier alpha value is -1.18. The molecule has 0 saturated heterocycles. The number of hydrogen-bond donors (Lipinski definition) is 1. The third-order valence-electron chi connectivity index (χ3n) is 2.10. The number of nitrogens with zero attached hydrogens (tertiary/aromatic N) is 1. The molecule has 0 aliphatic heterocycles. The van der Waals surface area contributed by atoms with E-state index >= 15 is 0 Å². The van der Waals surface area contributed by atoms with Gasteiger partial charge in [0.05, 0.1) is 5.69 Å². The zero-order valence-corrected chi connectivity index (χ0v) is 8.33. The first-order valence-electron chi connectivity index (χ1n) is 4.82. The van der Waals surface area contributed by atoms with Crippen molar-refractivity contribution < 1.29 is 5.11 Å². The lowest BCUT2D eigenvalue weighted by Crippen LogP contribution is -2.23. The summed E-state index contributed by atoms with van der Waals surface area (Å²) < 4.78 is 0. The van der Waals surface area contributed by atoms with Crippen molar-refractivity contribution >= 4 is 5.69 Å². The lowest BCUT2D eigenvalue weighted by Gasteiger charge is -2.22. The van der Waals surface area contributed by atoms with Gasteiger partial charge in [0.1, 0.15) is 5.75 Å². The minimum Gasteiger partial charge on any atom is -0.506 e. The first-order chi connectivity index (χ1) is 6.29. The number of benzene rings is 1. The van der Waals surface area contributed by atoms with Crippen LogP contribution in [0.1, 0.15) is 20.3 Å². The summed E-state index contributed by atoms with van der Waals surface area (Å²) in [6, 6.07) is 7.48. The normalized spacial score (nSPS) is 10.0. The van der Waals surface area contributed by atoms with Crippen molar-refractivity contribution in [3.63, 3.8) is 0 Å². The molecule has 0 atom stereocenters. The average molecular weight is 179 g/mol. The molecule has 1 N–H and O–H groups in total. The Labute approximate surface area is 79.8 Å². The minimum absolute atomic E-state index is 0.373. The largest absolute Gasteiger partial charge is 0.506 e. The third kappa shape index (κ3) is 2.38. The quantitative estimate of drug-likeness (QED) is 0.768. The lowest BCUT2D eigenvalue weighted by molar-refractivity contribution is 0.474. The second-order valence-corrected chi connectivity index (χ2v) is 3.07.